The smallest absolute Gasteiger partial charge is 0.338 e. The zero-order chi connectivity index (χ0) is 14.0. The average molecular weight is 265 g/mol. The van der Waals surface area contributed by atoms with Crippen molar-refractivity contribution in [2.75, 3.05) is 7.05 Å². The zero-order valence-electron chi connectivity index (χ0n) is 12.0. The van der Waals surface area contributed by atoms with E-state index in [1.54, 1.807) is 6.07 Å². The van der Waals surface area contributed by atoms with Gasteiger partial charge < -0.3 is 9.52 Å². The molecule has 0 unspecified atom stereocenters. The minimum absolute atomic E-state index is 0.230. The lowest BCUT2D eigenvalue weighted by molar-refractivity contribution is 0.0696. The average Bonchev–Trinajstić information content (AvgIpc) is 2.77. The molecule has 0 aliphatic heterocycles. The maximum atomic E-state index is 10.8. The molecule has 0 spiro atoms. The van der Waals surface area contributed by atoms with Crippen LogP contribution in [0.3, 0.4) is 0 Å². The standard InChI is InChI=1S/C15H23NO3/c1-15(2)6-4-12(5-7-15)16(3)9-13-8-11(10-19-13)14(17)18/h8,10,12H,4-7,9H2,1-3H3,(H,17,18). The summed E-state index contributed by atoms with van der Waals surface area (Å²) in [5.41, 5.74) is 0.701. The predicted octanol–water partition coefficient (Wildman–Crippen LogP) is 3.38. The van der Waals surface area contributed by atoms with E-state index in [0.29, 0.717) is 18.0 Å². The van der Waals surface area contributed by atoms with E-state index in [0.717, 1.165) is 5.76 Å². The van der Waals surface area contributed by atoms with Crippen LogP contribution in [0.15, 0.2) is 16.7 Å². The molecule has 1 fully saturated rings. The third-order valence-corrected chi connectivity index (χ3v) is 4.24. The van der Waals surface area contributed by atoms with Crippen LogP contribution in [-0.4, -0.2) is 29.1 Å². The molecule has 0 saturated heterocycles. The normalized spacial score (nSPS) is 19.8. The van der Waals surface area contributed by atoms with Gasteiger partial charge in [-0.25, -0.2) is 4.79 Å². The first-order valence-electron chi connectivity index (χ1n) is 6.88. The Hall–Kier alpha value is -1.29. The number of rotatable bonds is 4. The van der Waals surface area contributed by atoms with E-state index in [-0.39, 0.29) is 5.56 Å². The Balaban J connectivity index is 1.90. The molecule has 1 aromatic heterocycles. The van der Waals surface area contributed by atoms with Gasteiger partial charge in [0.25, 0.3) is 0 Å². The van der Waals surface area contributed by atoms with Crippen molar-refractivity contribution in [1.29, 1.82) is 0 Å². The second-order valence-electron chi connectivity index (χ2n) is 6.42. The Morgan fingerprint density at radius 3 is 2.63 bits per heavy atom. The molecule has 0 bridgehead atoms. The fraction of sp³-hybridized carbons (Fsp3) is 0.667. The van der Waals surface area contributed by atoms with Gasteiger partial charge in [-0.1, -0.05) is 13.8 Å². The molecule has 106 valence electrons. The quantitative estimate of drug-likeness (QED) is 0.906. The Morgan fingerprint density at radius 1 is 1.47 bits per heavy atom. The number of hydrogen-bond donors (Lipinski definition) is 1. The molecule has 1 aliphatic carbocycles. The van der Waals surface area contributed by atoms with Crippen LogP contribution in [0, 0.1) is 5.41 Å². The van der Waals surface area contributed by atoms with Crippen LogP contribution in [0.4, 0.5) is 0 Å². The maximum Gasteiger partial charge on any atom is 0.338 e. The van der Waals surface area contributed by atoms with Gasteiger partial charge in [-0.3, -0.25) is 4.90 Å². The molecule has 1 saturated carbocycles. The number of carbonyl (C=O) groups is 1. The van der Waals surface area contributed by atoms with Crippen molar-refractivity contribution in [2.45, 2.75) is 52.1 Å². The number of furan rings is 1. The van der Waals surface area contributed by atoms with Crippen molar-refractivity contribution in [3.05, 3.63) is 23.7 Å². The van der Waals surface area contributed by atoms with Gasteiger partial charge in [-0.05, 0) is 44.2 Å². The molecule has 1 aromatic rings. The zero-order valence-corrected chi connectivity index (χ0v) is 12.0. The summed E-state index contributed by atoms with van der Waals surface area (Å²) in [5.74, 6) is -0.207. The first-order chi connectivity index (χ1) is 8.87. The van der Waals surface area contributed by atoms with Gasteiger partial charge in [0, 0.05) is 6.04 Å². The lowest BCUT2D eigenvalue weighted by Crippen LogP contribution is -2.36. The summed E-state index contributed by atoms with van der Waals surface area (Å²) < 4.78 is 5.31. The van der Waals surface area contributed by atoms with Gasteiger partial charge in [0.05, 0.1) is 12.1 Å². The van der Waals surface area contributed by atoms with Crippen LogP contribution in [-0.2, 0) is 6.54 Å². The van der Waals surface area contributed by atoms with Crippen LogP contribution < -0.4 is 0 Å². The summed E-state index contributed by atoms with van der Waals surface area (Å²) in [4.78, 5) is 13.1. The van der Waals surface area contributed by atoms with E-state index in [4.69, 9.17) is 9.52 Å². The summed E-state index contributed by atoms with van der Waals surface area (Å²) in [6.45, 7) is 5.34. The molecule has 19 heavy (non-hydrogen) atoms. The number of hydrogen-bond acceptors (Lipinski definition) is 3. The molecule has 1 heterocycles. The minimum atomic E-state index is -0.933. The maximum absolute atomic E-state index is 10.8. The molecule has 4 nitrogen and oxygen atoms in total. The predicted molar refractivity (Wildman–Crippen MR) is 73.2 cm³/mol. The Kier molecular flexibility index (Phi) is 3.99. The highest BCUT2D eigenvalue weighted by molar-refractivity contribution is 5.87. The summed E-state index contributed by atoms with van der Waals surface area (Å²) in [7, 11) is 2.09. The summed E-state index contributed by atoms with van der Waals surface area (Å²) >= 11 is 0. The Morgan fingerprint density at radius 2 is 2.11 bits per heavy atom. The molecule has 0 aromatic carbocycles. The van der Waals surface area contributed by atoms with Crippen LogP contribution in [0.2, 0.25) is 0 Å². The van der Waals surface area contributed by atoms with Crippen LogP contribution in [0.25, 0.3) is 0 Å². The van der Waals surface area contributed by atoms with E-state index in [1.165, 1.54) is 31.9 Å². The molecule has 1 aliphatic rings. The van der Waals surface area contributed by atoms with Crippen LogP contribution in [0.1, 0.15) is 55.6 Å². The Labute approximate surface area is 114 Å². The van der Waals surface area contributed by atoms with Crippen molar-refractivity contribution in [3.63, 3.8) is 0 Å². The van der Waals surface area contributed by atoms with Gasteiger partial charge >= 0.3 is 5.97 Å². The van der Waals surface area contributed by atoms with Crippen LogP contribution >= 0.6 is 0 Å². The van der Waals surface area contributed by atoms with Crippen molar-refractivity contribution in [3.8, 4) is 0 Å². The van der Waals surface area contributed by atoms with E-state index >= 15 is 0 Å². The van der Waals surface area contributed by atoms with Gasteiger partial charge in [-0.2, -0.15) is 0 Å². The van der Waals surface area contributed by atoms with Crippen molar-refractivity contribution in [1.82, 2.24) is 4.90 Å². The van der Waals surface area contributed by atoms with Gasteiger partial charge in [-0.15, -0.1) is 0 Å². The number of carboxylic acids is 1. The van der Waals surface area contributed by atoms with E-state index in [1.807, 2.05) is 0 Å². The van der Waals surface area contributed by atoms with Gasteiger partial charge in [0.2, 0.25) is 0 Å². The molecule has 0 radical (unpaired) electrons. The highest BCUT2D eigenvalue weighted by atomic mass is 16.4. The number of aromatic carboxylic acids is 1. The first-order valence-corrected chi connectivity index (χ1v) is 6.88. The molecule has 1 N–H and O–H groups in total. The monoisotopic (exact) mass is 265 g/mol. The topological polar surface area (TPSA) is 53.7 Å². The highest BCUT2D eigenvalue weighted by Crippen LogP contribution is 2.36. The third-order valence-electron chi connectivity index (χ3n) is 4.24. The van der Waals surface area contributed by atoms with Gasteiger partial charge in [0.1, 0.15) is 12.0 Å². The van der Waals surface area contributed by atoms with Crippen LogP contribution in [0.5, 0.6) is 0 Å². The second-order valence-corrected chi connectivity index (χ2v) is 6.42. The Bertz CT molecular complexity index is 440. The van der Waals surface area contributed by atoms with Crippen molar-refractivity contribution >= 4 is 5.97 Å². The SMILES string of the molecule is CN(Cc1cc(C(=O)O)co1)C1CCC(C)(C)CC1. The lowest BCUT2D eigenvalue weighted by atomic mass is 9.75. The first kappa shape index (κ1) is 14.1. The second kappa shape index (κ2) is 5.37. The van der Waals surface area contributed by atoms with Gasteiger partial charge in [0.15, 0.2) is 0 Å². The summed E-state index contributed by atoms with van der Waals surface area (Å²) in [6, 6.07) is 2.19. The summed E-state index contributed by atoms with van der Waals surface area (Å²) in [5, 5.41) is 8.87. The number of nitrogens with zero attached hydrogens (tertiary/aromatic N) is 1. The fourth-order valence-electron chi connectivity index (χ4n) is 2.78. The molecular formula is C15H23NO3. The van der Waals surface area contributed by atoms with E-state index in [2.05, 4.69) is 25.8 Å². The largest absolute Gasteiger partial charge is 0.478 e. The molecular weight excluding hydrogens is 242 g/mol. The molecule has 0 amide bonds. The number of carboxylic acid groups (broad SMARTS) is 1. The molecule has 4 heteroatoms. The highest BCUT2D eigenvalue weighted by Gasteiger charge is 2.29. The molecule has 0 atom stereocenters. The third kappa shape index (κ3) is 3.60. The van der Waals surface area contributed by atoms with Crippen molar-refractivity contribution in [2.24, 2.45) is 5.41 Å². The lowest BCUT2D eigenvalue weighted by Gasteiger charge is -2.38. The van der Waals surface area contributed by atoms with Crippen molar-refractivity contribution < 1.29 is 14.3 Å². The van der Waals surface area contributed by atoms with E-state index in [9.17, 15) is 4.79 Å². The summed E-state index contributed by atoms with van der Waals surface area (Å²) in [6.07, 6.45) is 6.22. The van der Waals surface area contributed by atoms with E-state index < -0.39 is 5.97 Å². The fourth-order valence-corrected chi connectivity index (χ4v) is 2.78. The molecule has 2 rings (SSSR count). The minimum Gasteiger partial charge on any atom is -0.478 e.